The summed E-state index contributed by atoms with van der Waals surface area (Å²) in [7, 11) is 0. The molecule has 4 fully saturated rings. The van der Waals surface area contributed by atoms with Gasteiger partial charge in [0.2, 0.25) is 0 Å². The molecule has 4 aliphatic carbocycles. The molecule has 0 saturated heterocycles. The third-order valence-electron chi connectivity index (χ3n) is 7.48. The number of unbranched alkanes of at least 4 members (excludes halogenated alkanes) is 1. The highest BCUT2D eigenvalue weighted by Gasteiger charge is 2.52. The molecule has 4 bridgehead atoms. The molecule has 1 heterocycles. The topological polar surface area (TPSA) is 51.2 Å². The van der Waals surface area contributed by atoms with Crippen molar-refractivity contribution in [3.63, 3.8) is 0 Å². The minimum absolute atomic E-state index is 0.0666. The highest BCUT2D eigenvalue weighted by molar-refractivity contribution is 6.04. The van der Waals surface area contributed by atoms with Gasteiger partial charge in [-0.1, -0.05) is 13.3 Å². The molecule has 4 nitrogen and oxygen atoms in total. The van der Waals surface area contributed by atoms with E-state index in [0.717, 1.165) is 54.3 Å². The lowest BCUT2D eigenvalue weighted by atomic mass is 9.48. The summed E-state index contributed by atoms with van der Waals surface area (Å²) in [4.78, 5) is 17.7. The maximum Gasteiger partial charge on any atom is 0.255 e. The molecular weight excluding hydrogens is 372 g/mol. The summed E-state index contributed by atoms with van der Waals surface area (Å²) in [5.74, 6) is 3.38. The average Bonchev–Trinajstić information content (AvgIpc) is 2.74. The molecule has 1 aromatic carbocycles. The molecule has 0 unspecified atom stereocenters. The highest BCUT2D eigenvalue weighted by Crippen LogP contribution is 2.60. The maximum absolute atomic E-state index is 12.9. The predicted octanol–water partition coefficient (Wildman–Crippen LogP) is 5.98. The lowest BCUT2D eigenvalue weighted by Crippen LogP contribution is -2.49. The van der Waals surface area contributed by atoms with Crippen LogP contribution in [-0.2, 0) is 5.41 Å². The number of carbonyl (C=O) groups is 1. The molecule has 30 heavy (non-hydrogen) atoms. The van der Waals surface area contributed by atoms with Crippen LogP contribution in [-0.4, -0.2) is 17.5 Å². The first kappa shape index (κ1) is 19.6. The first-order valence-corrected chi connectivity index (χ1v) is 11.6. The molecule has 1 aromatic heterocycles. The SMILES string of the molecule is CCCCOc1ccc(NC(=O)c2ccnc(C34CC5CC(CC(C5)C3)C4)c2)cc1. The van der Waals surface area contributed by atoms with Gasteiger partial charge in [0.25, 0.3) is 5.91 Å². The van der Waals surface area contributed by atoms with Crippen LogP contribution in [0.25, 0.3) is 0 Å². The van der Waals surface area contributed by atoms with Crippen molar-refractivity contribution in [2.75, 3.05) is 11.9 Å². The number of amides is 1. The molecule has 4 aliphatic rings. The van der Waals surface area contributed by atoms with Crippen molar-refractivity contribution in [3.8, 4) is 5.75 Å². The molecule has 4 heteroatoms. The fourth-order valence-electron chi connectivity index (χ4n) is 6.46. The van der Waals surface area contributed by atoms with Gasteiger partial charge in [0, 0.05) is 28.6 Å². The van der Waals surface area contributed by atoms with Crippen LogP contribution >= 0.6 is 0 Å². The fraction of sp³-hybridized carbons (Fsp3) is 0.538. The molecule has 4 saturated carbocycles. The van der Waals surface area contributed by atoms with Crippen LogP contribution in [0.5, 0.6) is 5.75 Å². The van der Waals surface area contributed by atoms with Gasteiger partial charge in [0.05, 0.1) is 6.61 Å². The number of hydrogen-bond donors (Lipinski definition) is 1. The van der Waals surface area contributed by atoms with Crippen molar-refractivity contribution >= 4 is 11.6 Å². The molecule has 0 aliphatic heterocycles. The summed E-state index contributed by atoms with van der Waals surface area (Å²) >= 11 is 0. The number of ether oxygens (including phenoxy) is 1. The van der Waals surface area contributed by atoms with Crippen molar-refractivity contribution in [1.29, 1.82) is 0 Å². The Morgan fingerprint density at radius 2 is 1.73 bits per heavy atom. The van der Waals surface area contributed by atoms with Crippen molar-refractivity contribution in [2.24, 2.45) is 17.8 Å². The molecular formula is C26H32N2O2. The summed E-state index contributed by atoms with van der Waals surface area (Å²) in [6.07, 6.45) is 12.0. The third-order valence-corrected chi connectivity index (χ3v) is 7.48. The smallest absolute Gasteiger partial charge is 0.255 e. The molecule has 0 radical (unpaired) electrons. The van der Waals surface area contributed by atoms with Crippen LogP contribution in [0.4, 0.5) is 5.69 Å². The van der Waals surface area contributed by atoms with Crippen LogP contribution < -0.4 is 10.1 Å². The average molecular weight is 405 g/mol. The number of nitrogens with one attached hydrogen (secondary N) is 1. The summed E-state index contributed by atoms with van der Waals surface area (Å²) in [6, 6.07) is 11.5. The van der Waals surface area contributed by atoms with Gasteiger partial charge in [0.1, 0.15) is 5.75 Å². The highest BCUT2D eigenvalue weighted by atomic mass is 16.5. The molecule has 1 amide bonds. The van der Waals surface area contributed by atoms with Crippen LogP contribution in [0.2, 0.25) is 0 Å². The van der Waals surface area contributed by atoms with E-state index in [1.807, 2.05) is 36.5 Å². The summed E-state index contributed by atoms with van der Waals surface area (Å²) in [5, 5.41) is 3.03. The number of nitrogens with zero attached hydrogens (tertiary/aromatic N) is 1. The van der Waals surface area contributed by atoms with Gasteiger partial charge < -0.3 is 10.1 Å². The summed E-state index contributed by atoms with van der Waals surface area (Å²) in [5.41, 5.74) is 2.85. The second-order valence-electron chi connectivity index (χ2n) is 9.81. The summed E-state index contributed by atoms with van der Waals surface area (Å²) < 4.78 is 5.70. The van der Waals surface area contributed by atoms with E-state index in [-0.39, 0.29) is 11.3 Å². The Morgan fingerprint density at radius 3 is 2.37 bits per heavy atom. The van der Waals surface area contributed by atoms with E-state index in [4.69, 9.17) is 9.72 Å². The standard InChI is InChI=1S/C26H32N2O2/c1-2-3-10-30-23-6-4-22(5-7-23)28-25(29)21-8-9-27-24(14-21)26-15-18-11-19(16-26)13-20(12-18)17-26/h4-9,14,18-20H,2-3,10-13,15-17H2,1H3,(H,28,29). The Balaban J connectivity index is 1.28. The lowest BCUT2D eigenvalue weighted by Gasteiger charge is -2.56. The minimum Gasteiger partial charge on any atom is -0.494 e. The van der Waals surface area contributed by atoms with E-state index in [0.29, 0.717) is 5.56 Å². The van der Waals surface area contributed by atoms with Crippen LogP contribution in [0.1, 0.15) is 74.3 Å². The van der Waals surface area contributed by atoms with Gasteiger partial charge in [-0.15, -0.1) is 0 Å². The molecule has 6 rings (SSSR count). The first-order valence-electron chi connectivity index (χ1n) is 11.6. The molecule has 0 atom stereocenters. The summed E-state index contributed by atoms with van der Waals surface area (Å²) in [6.45, 7) is 2.88. The van der Waals surface area contributed by atoms with Gasteiger partial charge in [0.15, 0.2) is 0 Å². The quantitative estimate of drug-likeness (QED) is 0.578. The minimum atomic E-state index is -0.0666. The first-order chi connectivity index (χ1) is 14.6. The van der Waals surface area contributed by atoms with E-state index in [1.54, 1.807) is 0 Å². The lowest BCUT2D eigenvalue weighted by molar-refractivity contribution is -0.00721. The largest absolute Gasteiger partial charge is 0.494 e. The van der Waals surface area contributed by atoms with Gasteiger partial charge in [-0.2, -0.15) is 0 Å². The van der Waals surface area contributed by atoms with E-state index in [9.17, 15) is 4.79 Å². The van der Waals surface area contributed by atoms with E-state index in [2.05, 4.69) is 18.3 Å². The third kappa shape index (κ3) is 3.84. The van der Waals surface area contributed by atoms with E-state index < -0.39 is 0 Å². The molecule has 158 valence electrons. The number of rotatable bonds is 7. The van der Waals surface area contributed by atoms with Gasteiger partial charge in [-0.25, -0.2) is 0 Å². The predicted molar refractivity (Wildman–Crippen MR) is 119 cm³/mol. The van der Waals surface area contributed by atoms with E-state index >= 15 is 0 Å². The second kappa shape index (κ2) is 8.05. The van der Waals surface area contributed by atoms with Crippen LogP contribution in [0.15, 0.2) is 42.6 Å². The Morgan fingerprint density at radius 1 is 1.07 bits per heavy atom. The molecule has 1 N–H and O–H groups in total. The monoisotopic (exact) mass is 404 g/mol. The number of aromatic nitrogens is 1. The van der Waals surface area contributed by atoms with Crippen molar-refractivity contribution in [2.45, 2.75) is 63.7 Å². The Kier molecular flexibility index (Phi) is 5.26. The zero-order valence-electron chi connectivity index (χ0n) is 17.9. The van der Waals surface area contributed by atoms with Gasteiger partial charge >= 0.3 is 0 Å². The van der Waals surface area contributed by atoms with Crippen LogP contribution in [0.3, 0.4) is 0 Å². The van der Waals surface area contributed by atoms with Crippen LogP contribution in [0, 0.1) is 17.8 Å². The van der Waals surface area contributed by atoms with Crippen molar-refractivity contribution in [1.82, 2.24) is 4.98 Å². The molecule has 2 aromatic rings. The maximum atomic E-state index is 12.9. The Hall–Kier alpha value is -2.36. The number of anilines is 1. The van der Waals surface area contributed by atoms with E-state index in [1.165, 1.54) is 38.5 Å². The Labute approximate surface area is 179 Å². The number of hydrogen-bond acceptors (Lipinski definition) is 3. The number of benzene rings is 1. The number of carbonyl (C=O) groups excluding carboxylic acids is 1. The second-order valence-corrected chi connectivity index (χ2v) is 9.81. The number of pyridine rings is 1. The molecule has 0 spiro atoms. The fourth-order valence-corrected chi connectivity index (χ4v) is 6.46. The van der Waals surface area contributed by atoms with Gasteiger partial charge in [-0.05, 0) is 99.1 Å². The zero-order chi connectivity index (χ0) is 20.6. The van der Waals surface area contributed by atoms with Gasteiger partial charge in [-0.3, -0.25) is 9.78 Å². The van der Waals surface area contributed by atoms with Crippen molar-refractivity contribution < 1.29 is 9.53 Å². The zero-order valence-corrected chi connectivity index (χ0v) is 17.9. The normalized spacial score (nSPS) is 29.0. The van der Waals surface area contributed by atoms with Crippen molar-refractivity contribution in [3.05, 3.63) is 53.9 Å². The Bertz CT molecular complexity index is 870.